The maximum atomic E-state index is 11.8. The van der Waals surface area contributed by atoms with Gasteiger partial charge >= 0.3 is 0 Å². The van der Waals surface area contributed by atoms with Gasteiger partial charge in [0.05, 0.1) is 25.8 Å². The highest BCUT2D eigenvalue weighted by molar-refractivity contribution is 5.79. The monoisotopic (exact) mass is 257 g/mol. The van der Waals surface area contributed by atoms with Crippen molar-refractivity contribution in [1.29, 1.82) is 5.26 Å². The first kappa shape index (κ1) is 16.8. The number of carbonyl (C=O) groups is 1. The van der Waals surface area contributed by atoms with E-state index in [1.54, 1.807) is 11.8 Å². The average Bonchev–Trinajstić information content (AvgIpc) is 2.29. The van der Waals surface area contributed by atoms with Crippen LogP contribution in [0.4, 0.5) is 0 Å². The topological polar surface area (TPSA) is 96.6 Å². The molecule has 1 unspecified atom stereocenters. The van der Waals surface area contributed by atoms with Crippen molar-refractivity contribution in [3.05, 3.63) is 0 Å². The number of hydrogen-bond donors (Lipinski definition) is 3. The second kappa shape index (κ2) is 8.03. The first-order valence-corrected chi connectivity index (χ1v) is 6.06. The molecule has 1 atom stereocenters. The number of aliphatic hydroxyl groups is 2. The smallest absolute Gasteiger partial charge is 0.235 e. The van der Waals surface area contributed by atoms with Crippen molar-refractivity contribution in [2.75, 3.05) is 32.8 Å². The molecule has 0 aromatic heterocycles. The van der Waals surface area contributed by atoms with Crippen molar-refractivity contribution in [1.82, 2.24) is 10.2 Å². The molecule has 0 radical (unpaired) electrons. The molecule has 6 heteroatoms. The summed E-state index contributed by atoms with van der Waals surface area (Å²) in [6.45, 7) is 5.95. The molecule has 0 aliphatic rings. The molecular weight excluding hydrogens is 234 g/mol. The molecule has 1 amide bonds. The number of nitrogens with one attached hydrogen (secondary N) is 1. The van der Waals surface area contributed by atoms with E-state index in [0.717, 1.165) is 0 Å². The van der Waals surface area contributed by atoms with Crippen molar-refractivity contribution in [3.63, 3.8) is 0 Å². The van der Waals surface area contributed by atoms with Gasteiger partial charge in [-0.3, -0.25) is 9.69 Å². The summed E-state index contributed by atoms with van der Waals surface area (Å²) in [7, 11) is 0. The third-order valence-corrected chi connectivity index (χ3v) is 2.99. The fourth-order valence-corrected chi connectivity index (χ4v) is 1.39. The Morgan fingerprint density at radius 2 is 1.89 bits per heavy atom. The van der Waals surface area contributed by atoms with Gasteiger partial charge < -0.3 is 15.5 Å². The van der Waals surface area contributed by atoms with Crippen LogP contribution < -0.4 is 5.32 Å². The summed E-state index contributed by atoms with van der Waals surface area (Å²) in [4.78, 5) is 13.4. The molecule has 0 bridgehead atoms. The molecule has 0 saturated heterocycles. The molecule has 104 valence electrons. The number of carbonyl (C=O) groups excluding carboxylic acids is 1. The predicted molar refractivity (Wildman–Crippen MR) is 67.6 cm³/mol. The zero-order valence-corrected chi connectivity index (χ0v) is 11.3. The lowest BCUT2D eigenvalue weighted by atomic mass is 9.90. The summed E-state index contributed by atoms with van der Waals surface area (Å²) < 4.78 is 0. The molecule has 3 N–H and O–H groups in total. The molecule has 6 nitrogen and oxygen atoms in total. The van der Waals surface area contributed by atoms with E-state index in [9.17, 15) is 4.79 Å². The van der Waals surface area contributed by atoms with Gasteiger partial charge in [0.2, 0.25) is 5.91 Å². The van der Waals surface area contributed by atoms with E-state index in [0.29, 0.717) is 13.1 Å². The van der Waals surface area contributed by atoms with Crippen LogP contribution in [0.3, 0.4) is 0 Å². The SMILES string of the molecule is CC(C)C(C)(C#N)NC(=O)CN(CCO)CCO. The first-order valence-electron chi connectivity index (χ1n) is 6.06. The number of hydrogen-bond acceptors (Lipinski definition) is 5. The number of amides is 1. The maximum Gasteiger partial charge on any atom is 0.235 e. The summed E-state index contributed by atoms with van der Waals surface area (Å²) >= 11 is 0. The number of nitriles is 1. The molecule has 0 aliphatic heterocycles. The van der Waals surface area contributed by atoms with Gasteiger partial charge in [0.1, 0.15) is 5.54 Å². The van der Waals surface area contributed by atoms with Crippen LogP contribution in [0.2, 0.25) is 0 Å². The third-order valence-electron chi connectivity index (χ3n) is 2.99. The van der Waals surface area contributed by atoms with Gasteiger partial charge in [-0.15, -0.1) is 0 Å². The molecule has 0 aromatic carbocycles. The molecule has 0 aromatic rings. The van der Waals surface area contributed by atoms with E-state index in [-0.39, 0.29) is 31.6 Å². The van der Waals surface area contributed by atoms with Crippen LogP contribution in [0.15, 0.2) is 0 Å². The zero-order valence-electron chi connectivity index (χ0n) is 11.3. The zero-order chi connectivity index (χ0) is 14.2. The van der Waals surface area contributed by atoms with Crippen LogP contribution in [0.25, 0.3) is 0 Å². The molecule has 0 saturated carbocycles. The fraction of sp³-hybridized carbons (Fsp3) is 0.833. The largest absolute Gasteiger partial charge is 0.395 e. The minimum atomic E-state index is -0.902. The van der Waals surface area contributed by atoms with Crippen molar-refractivity contribution in [3.8, 4) is 6.07 Å². The Morgan fingerprint density at radius 1 is 1.39 bits per heavy atom. The lowest BCUT2D eigenvalue weighted by Crippen LogP contribution is -2.52. The normalized spacial score (nSPS) is 14.3. The van der Waals surface area contributed by atoms with Crippen LogP contribution in [0, 0.1) is 17.2 Å². The lowest BCUT2D eigenvalue weighted by molar-refractivity contribution is -0.124. The highest BCUT2D eigenvalue weighted by Gasteiger charge is 2.30. The van der Waals surface area contributed by atoms with E-state index in [4.69, 9.17) is 15.5 Å². The van der Waals surface area contributed by atoms with Gasteiger partial charge in [0.15, 0.2) is 0 Å². The van der Waals surface area contributed by atoms with Gasteiger partial charge in [0.25, 0.3) is 0 Å². The summed E-state index contributed by atoms with van der Waals surface area (Å²) in [5, 5.41) is 29.4. The van der Waals surface area contributed by atoms with Crippen LogP contribution in [0.5, 0.6) is 0 Å². The molecular formula is C12H23N3O3. The molecule has 0 rings (SSSR count). The van der Waals surface area contributed by atoms with E-state index in [1.807, 2.05) is 13.8 Å². The molecule has 0 heterocycles. The Kier molecular flexibility index (Phi) is 7.51. The number of aliphatic hydroxyl groups excluding tert-OH is 2. The second-order valence-corrected chi connectivity index (χ2v) is 4.74. The predicted octanol–water partition coefficient (Wildman–Crippen LogP) is -0.673. The van der Waals surface area contributed by atoms with Crippen molar-refractivity contribution in [2.45, 2.75) is 26.3 Å². The van der Waals surface area contributed by atoms with Crippen LogP contribution in [-0.2, 0) is 4.79 Å². The lowest BCUT2D eigenvalue weighted by Gasteiger charge is -2.29. The van der Waals surface area contributed by atoms with Crippen molar-refractivity contribution >= 4 is 5.91 Å². The minimum Gasteiger partial charge on any atom is -0.395 e. The van der Waals surface area contributed by atoms with Gasteiger partial charge in [0, 0.05) is 13.1 Å². The summed E-state index contributed by atoms with van der Waals surface area (Å²) in [6, 6.07) is 2.10. The van der Waals surface area contributed by atoms with Gasteiger partial charge in [-0.1, -0.05) is 13.8 Å². The molecule has 0 spiro atoms. The Labute approximate surface area is 108 Å². The average molecular weight is 257 g/mol. The van der Waals surface area contributed by atoms with Gasteiger partial charge in [-0.05, 0) is 12.8 Å². The molecule has 18 heavy (non-hydrogen) atoms. The Balaban J connectivity index is 4.44. The third kappa shape index (κ3) is 5.45. The van der Waals surface area contributed by atoms with E-state index in [1.165, 1.54) is 0 Å². The van der Waals surface area contributed by atoms with E-state index in [2.05, 4.69) is 11.4 Å². The van der Waals surface area contributed by atoms with Crippen molar-refractivity contribution in [2.24, 2.45) is 5.92 Å². The Morgan fingerprint density at radius 3 is 2.22 bits per heavy atom. The quantitative estimate of drug-likeness (QED) is 0.536. The summed E-state index contributed by atoms with van der Waals surface area (Å²) in [6.07, 6.45) is 0. The number of rotatable bonds is 8. The standard InChI is InChI=1S/C12H23N3O3/c1-10(2)12(3,9-13)14-11(18)8-15(4-6-16)5-7-17/h10,16-17H,4-8H2,1-3H3,(H,14,18). The van der Waals surface area contributed by atoms with Gasteiger partial charge in [-0.2, -0.15) is 5.26 Å². The number of nitrogens with zero attached hydrogens (tertiary/aromatic N) is 2. The van der Waals surface area contributed by atoms with Crippen LogP contribution in [0.1, 0.15) is 20.8 Å². The van der Waals surface area contributed by atoms with E-state index >= 15 is 0 Å². The second-order valence-electron chi connectivity index (χ2n) is 4.74. The van der Waals surface area contributed by atoms with Crippen LogP contribution in [-0.4, -0.2) is 59.4 Å². The molecule has 0 aliphatic carbocycles. The van der Waals surface area contributed by atoms with E-state index < -0.39 is 5.54 Å². The Bertz CT molecular complexity index is 295. The fourth-order valence-electron chi connectivity index (χ4n) is 1.39. The highest BCUT2D eigenvalue weighted by atomic mass is 16.3. The minimum absolute atomic E-state index is 0.00409. The van der Waals surface area contributed by atoms with Crippen molar-refractivity contribution < 1.29 is 15.0 Å². The molecule has 0 fully saturated rings. The summed E-state index contributed by atoms with van der Waals surface area (Å²) in [5.41, 5.74) is -0.902. The maximum absolute atomic E-state index is 11.8. The highest BCUT2D eigenvalue weighted by Crippen LogP contribution is 2.14. The van der Waals surface area contributed by atoms with Crippen LogP contribution >= 0.6 is 0 Å². The van der Waals surface area contributed by atoms with Gasteiger partial charge in [-0.25, -0.2) is 0 Å². The summed E-state index contributed by atoms with van der Waals surface area (Å²) in [5.74, 6) is -0.287. The Hall–Kier alpha value is -1.16. The first-order chi connectivity index (χ1) is 8.39.